The van der Waals surface area contributed by atoms with Gasteiger partial charge in [-0.25, -0.2) is 0 Å². The van der Waals surface area contributed by atoms with Crippen LogP contribution < -0.4 is 15.1 Å². The lowest BCUT2D eigenvalue weighted by Gasteiger charge is -2.40. The second kappa shape index (κ2) is 14.6. The summed E-state index contributed by atoms with van der Waals surface area (Å²) in [4.78, 5) is 74.5. The van der Waals surface area contributed by atoms with Gasteiger partial charge in [-0.1, -0.05) is 11.6 Å². The number of hydrogen-bond acceptors (Lipinski definition) is 9. The Bertz CT molecular complexity index is 2180. The Kier molecular flexibility index (Phi) is 9.56. The van der Waals surface area contributed by atoms with Gasteiger partial charge in [-0.2, -0.15) is 5.26 Å². The molecule has 13 heteroatoms. The monoisotopic (exact) mass is 787 g/mol. The molecule has 12 nitrogen and oxygen atoms in total. The molecule has 1 unspecified atom stereocenters. The number of benzene rings is 3. The molecular weight excluding hydrogens is 742 g/mol. The maximum Gasteiger partial charge on any atom is 0.262 e. The maximum atomic E-state index is 13.6. The van der Waals surface area contributed by atoms with E-state index in [1.165, 1.54) is 0 Å². The normalized spacial score (nSPS) is 23.6. The summed E-state index contributed by atoms with van der Waals surface area (Å²) in [6.45, 7) is 8.85. The van der Waals surface area contributed by atoms with Crippen molar-refractivity contribution in [3.05, 3.63) is 93.0 Å². The van der Waals surface area contributed by atoms with E-state index in [1.54, 1.807) is 0 Å². The zero-order valence-corrected chi connectivity index (χ0v) is 32.9. The first-order valence-corrected chi connectivity index (χ1v) is 20.6. The second-order valence-electron chi connectivity index (χ2n) is 17.0. The van der Waals surface area contributed by atoms with Crippen molar-refractivity contribution in [2.45, 2.75) is 77.0 Å². The molecule has 0 bridgehead atoms. The number of imide groups is 2. The Hall–Kier alpha value is -5.25. The van der Waals surface area contributed by atoms with Crippen LogP contribution in [0.15, 0.2) is 54.6 Å². The first kappa shape index (κ1) is 37.3. The van der Waals surface area contributed by atoms with E-state index in [9.17, 15) is 29.2 Å². The summed E-state index contributed by atoms with van der Waals surface area (Å²) in [5.41, 5.74) is 6.40. The van der Waals surface area contributed by atoms with E-state index < -0.39 is 29.7 Å². The summed E-state index contributed by atoms with van der Waals surface area (Å²) in [6.07, 6.45) is 5.39. The van der Waals surface area contributed by atoms with Crippen molar-refractivity contribution in [1.82, 2.24) is 20.0 Å². The second-order valence-corrected chi connectivity index (χ2v) is 17.4. The highest BCUT2D eigenvalue weighted by molar-refractivity contribution is 6.32. The third kappa shape index (κ3) is 6.84. The van der Waals surface area contributed by atoms with Crippen LogP contribution in [0.1, 0.15) is 99.6 Å². The summed E-state index contributed by atoms with van der Waals surface area (Å²) >= 11 is 6.37. The van der Waals surface area contributed by atoms with Crippen molar-refractivity contribution in [3.8, 4) is 6.07 Å². The van der Waals surface area contributed by atoms with Gasteiger partial charge in [0.1, 0.15) is 12.1 Å². The summed E-state index contributed by atoms with van der Waals surface area (Å²) < 4.78 is 0. The van der Waals surface area contributed by atoms with Crippen LogP contribution in [0.3, 0.4) is 0 Å². The number of piperidine rings is 3. The predicted octanol–water partition coefficient (Wildman–Crippen LogP) is 5.37. The highest BCUT2D eigenvalue weighted by Gasteiger charge is 2.46. The molecule has 5 amide bonds. The van der Waals surface area contributed by atoms with Crippen LogP contribution in [-0.2, 0) is 22.7 Å². The minimum absolute atomic E-state index is 0.0734. The van der Waals surface area contributed by atoms with Gasteiger partial charge in [0, 0.05) is 81.8 Å². The molecule has 3 aromatic carbocycles. The molecule has 6 heterocycles. The fourth-order valence-electron chi connectivity index (χ4n) is 10.3. The Balaban J connectivity index is 0.745. The number of nitriles is 1. The van der Waals surface area contributed by atoms with Crippen LogP contribution in [0.25, 0.3) is 0 Å². The molecule has 0 saturated carbocycles. The van der Waals surface area contributed by atoms with Crippen molar-refractivity contribution in [3.63, 3.8) is 0 Å². The average molecular weight is 788 g/mol. The Labute approximate surface area is 337 Å². The van der Waals surface area contributed by atoms with Crippen molar-refractivity contribution in [2.24, 2.45) is 11.3 Å². The standard InChI is InChI=1S/C44H46ClN7O5/c1-27-21-44(26-51(27)34-7-4-30(22-46)37(45)20-34)12-16-49(17-13-44)33-5-2-29(3-6-33)41(55)50-14-10-28(11-15-50)23-48-24-31-18-35-36(19-32(31)25-48)43(57)52(42(35)56)38-8-9-39(53)47-40(38)54/h2-7,18-20,27-28,38H,8-17,21,23-26H2,1H3,(H,47,53,54)/t27-,38?/m0/s1. The smallest absolute Gasteiger partial charge is 0.262 e. The van der Waals surface area contributed by atoms with Crippen LogP contribution in [0.4, 0.5) is 11.4 Å². The van der Waals surface area contributed by atoms with Gasteiger partial charge in [0.15, 0.2) is 0 Å². The van der Waals surface area contributed by atoms with Crippen LogP contribution in [0.5, 0.6) is 0 Å². The molecule has 9 rings (SSSR count). The fourth-order valence-corrected chi connectivity index (χ4v) is 10.5. The quantitative estimate of drug-likeness (QED) is 0.327. The number of nitrogens with zero attached hydrogens (tertiary/aromatic N) is 6. The number of anilines is 2. The lowest BCUT2D eigenvalue weighted by molar-refractivity contribution is -0.136. The van der Waals surface area contributed by atoms with E-state index in [-0.39, 0.29) is 24.2 Å². The summed E-state index contributed by atoms with van der Waals surface area (Å²) in [5.74, 6) is -1.44. The number of carbonyl (C=O) groups excluding carboxylic acids is 5. The Morgan fingerprint density at radius 3 is 2.14 bits per heavy atom. The van der Waals surface area contributed by atoms with E-state index >= 15 is 0 Å². The average Bonchev–Trinajstić information content (AvgIpc) is 3.84. The molecule has 6 aliphatic rings. The molecule has 3 aromatic rings. The fraction of sp³-hybridized carbons (Fsp3) is 0.455. The van der Waals surface area contributed by atoms with Gasteiger partial charge in [-0.05, 0) is 123 Å². The third-order valence-corrected chi connectivity index (χ3v) is 13.8. The van der Waals surface area contributed by atoms with Crippen molar-refractivity contribution < 1.29 is 24.0 Å². The molecule has 0 aromatic heterocycles. The molecule has 1 N–H and O–H groups in total. The predicted molar refractivity (Wildman–Crippen MR) is 214 cm³/mol. The molecule has 1 spiro atoms. The van der Waals surface area contributed by atoms with E-state index in [0.717, 1.165) is 91.2 Å². The minimum Gasteiger partial charge on any atom is -0.371 e. The zero-order chi connectivity index (χ0) is 39.6. The molecule has 6 aliphatic heterocycles. The van der Waals surface area contributed by atoms with E-state index in [1.807, 2.05) is 47.4 Å². The van der Waals surface area contributed by atoms with Gasteiger partial charge in [0.05, 0.1) is 21.7 Å². The van der Waals surface area contributed by atoms with Crippen LogP contribution in [-0.4, -0.2) is 95.6 Å². The van der Waals surface area contributed by atoms with E-state index in [0.29, 0.717) is 59.9 Å². The van der Waals surface area contributed by atoms with Crippen LogP contribution in [0.2, 0.25) is 5.02 Å². The first-order chi connectivity index (χ1) is 27.5. The Morgan fingerprint density at radius 2 is 1.53 bits per heavy atom. The van der Waals surface area contributed by atoms with Crippen molar-refractivity contribution >= 4 is 52.5 Å². The summed E-state index contributed by atoms with van der Waals surface area (Å²) in [7, 11) is 0. The number of halogens is 1. The number of hydrogen-bond donors (Lipinski definition) is 1. The van der Waals surface area contributed by atoms with Crippen molar-refractivity contribution in [1.29, 1.82) is 5.26 Å². The lowest BCUT2D eigenvalue weighted by Crippen LogP contribution is -2.54. The topological polar surface area (TPSA) is 137 Å². The minimum atomic E-state index is -0.968. The third-order valence-electron chi connectivity index (χ3n) is 13.4. The van der Waals surface area contributed by atoms with E-state index in [2.05, 4.69) is 45.1 Å². The molecule has 294 valence electrons. The summed E-state index contributed by atoms with van der Waals surface area (Å²) in [5, 5.41) is 12.0. The number of likely N-dealkylation sites (tertiary alicyclic amines) is 1. The molecule has 0 aliphatic carbocycles. The highest BCUT2D eigenvalue weighted by atomic mass is 35.5. The van der Waals surface area contributed by atoms with Gasteiger partial charge in [0.2, 0.25) is 11.8 Å². The largest absolute Gasteiger partial charge is 0.371 e. The number of rotatable bonds is 6. The summed E-state index contributed by atoms with van der Waals surface area (Å²) in [6, 6.07) is 19.1. The Morgan fingerprint density at radius 1 is 0.877 bits per heavy atom. The van der Waals surface area contributed by atoms with Gasteiger partial charge in [-0.15, -0.1) is 0 Å². The maximum absolute atomic E-state index is 13.6. The zero-order valence-electron chi connectivity index (χ0n) is 32.1. The first-order valence-electron chi connectivity index (χ1n) is 20.2. The van der Waals surface area contributed by atoms with Gasteiger partial charge < -0.3 is 14.7 Å². The van der Waals surface area contributed by atoms with E-state index in [4.69, 9.17) is 11.6 Å². The molecule has 4 fully saturated rings. The molecular formula is C44H46ClN7O5. The highest BCUT2D eigenvalue weighted by Crippen LogP contribution is 2.46. The van der Waals surface area contributed by atoms with Gasteiger partial charge in [0.25, 0.3) is 17.7 Å². The van der Waals surface area contributed by atoms with Gasteiger partial charge in [-0.3, -0.25) is 39.1 Å². The number of amides is 5. The molecule has 57 heavy (non-hydrogen) atoms. The molecule has 0 radical (unpaired) electrons. The van der Waals surface area contributed by atoms with Crippen molar-refractivity contribution in [2.75, 3.05) is 49.1 Å². The lowest BCUT2D eigenvalue weighted by atomic mass is 9.76. The molecule has 4 saturated heterocycles. The number of fused-ring (bicyclic) bond motifs is 2. The number of nitrogens with one attached hydrogen (secondary N) is 1. The van der Waals surface area contributed by atoms with Crippen LogP contribution >= 0.6 is 11.6 Å². The molecule has 2 atom stereocenters. The van der Waals surface area contributed by atoms with Crippen LogP contribution in [0, 0.1) is 22.7 Å². The van der Waals surface area contributed by atoms with Gasteiger partial charge >= 0.3 is 0 Å². The SMILES string of the molecule is C[C@H]1CC2(CCN(c3ccc(C(=O)N4CCC(CN5Cc6cc7c(cc6C5)C(=O)N(C5CCC(=O)NC5=O)C7=O)CC4)cc3)CC2)CN1c1ccc(C#N)c(Cl)c1. The number of carbonyl (C=O) groups is 5.